The van der Waals surface area contributed by atoms with Crippen LogP contribution < -0.4 is 0 Å². The van der Waals surface area contributed by atoms with Crippen LogP contribution in [0.2, 0.25) is 0 Å². The number of hydrogen-bond acceptors (Lipinski definition) is 3. The molecule has 1 amide bonds. The minimum atomic E-state index is -0.742. The van der Waals surface area contributed by atoms with E-state index in [0.717, 1.165) is 4.88 Å². The highest BCUT2D eigenvalue weighted by molar-refractivity contribution is 7.10. The van der Waals surface area contributed by atoms with Gasteiger partial charge in [0.1, 0.15) is 5.54 Å². The molecule has 0 atom stereocenters. The molecule has 0 N–H and O–H groups in total. The molecule has 0 spiro atoms. The van der Waals surface area contributed by atoms with Crippen LogP contribution in [-0.4, -0.2) is 23.4 Å². The van der Waals surface area contributed by atoms with Gasteiger partial charge in [0.15, 0.2) is 0 Å². The van der Waals surface area contributed by atoms with Crippen LogP contribution in [0.3, 0.4) is 0 Å². The highest BCUT2D eigenvalue weighted by atomic mass is 32.1. The SMILES string of the molecule is CN(C(=O)Cc1cccs1)C(C)(C)C#N. The summed E-state index contributed by atoms with van der Waals surface area (Å²) in [5.74, 6) is -0.0241. The van der Waals surface area contributed by atoms with Crippen molar-refractivity contribution >= 4 is 17.2 Å². The Morgan fingerprint density at radius 3 is 2.80 bits per heavy atom. The predicted molar refractivity (Wildman–Crippen MR) is 60.5 cm³/mol. The molecule has 0 aliphatic carbocycles. The van der Waals surface area contributed by atoms with Crippen molar-refractivity contribution < 1.29 is 4.79 Å². The summed E-state index contributed by atoms with van der Waals surface area (Å²) in [5.41, 5.74) is -0.742. The van der Waals surface area contributed by atoms with Gasteiger partial charge in [0, 0.05) is 11.9 Å². The number of hydrogen-bond donors (Lipinski definition) is 0. The lowest BCUT2D eigenvalue weighted by Crippen LogP contribution is -2.44. The molecule has 0 aliphatic rings. The molecule has 1 aromatic heterocycles. The number of nitrogens with zero attached hydrogens (tertiary/aromatic N) is 2. The molecule has 0 saturated carbocycles. The molecule has 3 nitrogen and oxygen atoms in total. The Bertz CT molecular complexity index is 376. The van der Waals surface area contributed by atoms with E-state index in [1.54, 1.807) is 32.2 Å². The Morgan fingerprint density at radius 1 is 1.67 bits per heavy atom. The van der Waals surface area contributed by atoms with Gasteiger partial charge in [0.25, 0.3) is 0 Å². The van der Waals surface area contributed by atoms with Gasteiger partial charge in [-0.3, -0.25) is 4.79 Å². The molecule has 1 aromatic rings. The van der Waals surface area contributed by atoms with E-state index in [1.165, 1.54) is 4.90 Å². The highest BCUT2D eigenvalue weighted by Crippen LogP contribution is 2.15. The van der Waals surface area contributed by atoms with Gasteiger partial charge in [-0.25, -0.2) is 0 Å². The quantitative estimate of drug-likeness (QED) is 0.785. The van der Waals surface area contributed by atoms with Crippen molar-refractivity contribution in [1.82, 2.24) is 4.90 Å². The zero-order valence-electron chi connectivity index (χ0n) is 9.15. The minimum Gasteiger partial charge on any atom is -0.327 e. The largest absolute Gasteiger partial charge is 0.327 e. The van der Waals surface area contributed by atoms with E-state index in [2.05, 4.69) is 6.07 Å². The maximum absolute atomic E-state index is 11.8. The van der Waals surface area contributed by atoms with Gasteiger partial charge in [0.2, 0.25) is 5.91 Å². The Hall–Kier alpha value is -1.34. The average Bonchev–Trinajstić information content (AvgIpc) is 2.69. The van der Waals surface area contributed by atoms with Crippen LogP contribution >= 0.6 is 11.3 Å². The average molecular weight is 222 g/mol. The van der Waals surface area contributed by atoms with Crippen molar-refractivity contribution in [2.24, 2.45) is 0 Å². The van der Waals surface area contributed by atoms with Gasteiger partial charge in [-0.1, -0.05) is 6.07 Å². The normalized spacial score (nSPS) is 10.8. The monoisotopic (exact) mass is 222 g/mol. The van der Waals surface area contributed by atoms with Crippen molar-refractivity contribution in [3.05, 3.63) is 22.4 Å². The topological polar surface area (TPSA) is 44.1 Å². The second-order valence-electron chi connectivity index (χ2n) is 3.88. The van der Waals surface area contributed by atoms with Crippen molar-refractivity contribution in [2.75, 3.05) is 7.05 Å². The molecular weight excluding hydrogens is 208 g/mol. The van der Waals surface area contributed by atoms with Crippen LogP contribution in [0.15, 0.2) is 17.5 Å². The van der Waals surface area contributed by atoms with Crippen LogP contribution in [0.25, 0.3) is 0 Å². The smallest absolute Gasteiger partial charge is 0.228 e. The number of thiophene rings is 1. The van der Waals surface area contributed by atoms with Crippen LogP contribution in [0.5, 0.6) is 0 Å². The van der Waals surface area contributed by atoms with Crippen molar-refractivity contribution in [3.8, 4) is 6.07 Å². The molecule has 15 heavy (non-hydrogen) atoms. The summed E-state index contributed by atoms with van der Waals surface area (Å²) < 4.78 is 0. The Kier molecular flexibility index (Phi) is 3.48. The first kappa shape index (κ1) is 11.7. The second-order valence-corrected chi connectivity index (χ2v) is 4.91. The summed E-state index contributed by atoms with van der Waals surface area (Å²) in [5, 5.41) is 10.8. The van der Waals surface area contributed by atoms with E-state index in [0.29, 0.717) is 6.42 Å². The van der Waals surface area contributed by atoms with Crippen LogP contribution in [0.1, 0.15) is 18.7 Å². The second kappa shape index (κ2) is 4.45. The third-order valence-electron chi connectivity index (χ3n) is 2.39. The number of amides is 1. The number of rotatable bonds is 3. The van der Waals surface area contributed by atoms with E-state index in [4.69, 9.17) is 5.26 Å². The molecule has 0 aliphatic heterocycles. The maximum atomic E-state index is 11.8. The van der Waals surface area contributed by atoms with E-state index in [9.17, 15) is 4.79 Å². The summed E-state index contributed by atoms with van der Waals surface area (Å²) >= 11 is 1.56. The molecule has 0 unspecified atom stereocenters. The molecule has 1 rings (SSSR count). The molecule has 0 bridgehead atoms. The number of carbonyl (C=O) groups excluding carboxylic acids is 1. The zero-order valence-corrected chi connectivity index (χ0v) is 9.97. The van der Waals surface area contributed by atoms with Crippen LogP contribution in [-0.2, 0) is 11.2 Å². The maximum Gasteiger partial charge on any atom is 0.228 e. The summed E-state index contributed by atoms with van der Waals surface area (Å²) in [6.07, 6.45) is 0.374. The van der Waals surface area contributed by atoms with Crippen LogP contribution in [0, 0.1) is 11.3 Å². The summed E-state index contributed by atoms with van der Waals surface area (Å²) in [6, 6.07) is 5.96. The Labute approximate surface area is 93.9 Å². The number of likely N-dealkylation sites (N-methyl/N-ethyl adjacent to an activating group) is 1. The Balaban J connectivity index is 2.67. The van der Waals surface area contributed by atoms with Crippen molar-refractivity contribution in [2.45, 2.75) is 25.8 Å². The molecule has 1 heterocycles. The van der Waals surface area contributed by atoms with Crippen LogP contribution in [0.4, 0.5) is 0 Å². The molecule has 4 heteroatoms. The molecule has 0 radical (unpaired) electrons. The number of nitriles is 1. The first-order chi connectivity index (χ1) is 6.97. The molecule has 0 saturated heterocycles. The predicted octanol–water partition coefficient (Wildman–Crippen LogP) is 2.05. The van der Waals surface area contributed by atoms with Gasteiger partial charge in [-0.15, -0.1) is 11.3 Å². The highest BCUT2D eigenvalue weighted by Gasteiger charge is 2.27. The third kappa shape index (κ3) is 2.80. The lowest BCUT2D eigenvalue weighted by molar-refractivity contribution is -0.132. The van der Waals surface area contributed by atoms with Gasteiger partial charge in [-0.05, 0) is 25.3 Å². The van der Waals surface area contributed by atoms with E-state index < -0.39 is 5.54 Å². The lowest BCUT2D eigenvalue weighted by atomic mass is 10.1. The molecule has 0 aromatic carbocycles. The molecular formula is C11H14N2OS. The fourth-order valence-corrected chi connectivity index (χ4v) is 1.76. The van der Waals surface area contributed by atoms with Crippen molar-refractivity contribution in [1.29, 1.82) is 5.26 Å². The third-order valence-corrected chi connectivity index (χ3v) is 3.27. The summed E-state index contributed by atoms with van der Waals surface area (Å²) in [6.45, 7) is 3.47. The lowest BCUT2D eigenvalue weighted by Gasteiger charge is -2.28. The van der Waals surface area contributed by atoms with E-state index >= 15 is 0 Å². The fourth-order valence-electron chi connectivity index (χ4n) is 1.07. The summed E-state index contributed by atoms with van der Waals surface area (Å²) in [4.78, 5) is 14.3. The standard InChI is InChI=1S/C11H14N2OS/c1-11(2,8-12)13(3)10(14)7-9-5-4-6-15-9/h4-6H,7H2,1-3H3. The van der Waals surface area contributed by atoms with Gasteiger partial charge >= 0.3 is 0 Å². The minimum absolute atomic E-state index is 0.0241. The van der Waals surface area contributed by atoms with Crippen molar-refractivity contribution in [3.63, 3.8) is 0 Å². The summed E-state index contributed by atoms with van der Waals surface area (Å²) in [7, 11) is 1.67. The van der Waals surface area contributed by atoms with Gasteiger partial charge in [-0.2, -0.15) is 5.26 Å². The molecule has 80 valence electrons. The first-order valence-electron chi connectivity index (χ1n) is 4.67. The Morgan fingerprint density at radius 2 is 2.33 bits per heavy atom. The zero-order chi connectivity index (χ0) is 11.5. The fraction of sp³-hybridized carbons (Fsp3) is 0.455. The molecule has 0 fully saturated rings. The van der Waals surface area contributed by atoms with E-state index in [1.807, 2.05) is 17.5 Å². The number of carbonyl (C=O) groups is 1. The van der Waals surface area contributed by atoms with Gasteiger partial charge in [0.05, 0.1) is 12.5 Å². The first-order valence-corrected chi connectivity index (χ1v) is 5.55. The van der Waals surface area contributed by atoms with Gasteiger partial charge < -0.3 is 4.90 Å². The van der Waals surface area contributed by atoms with E-state index in [-0.39, 0.29) is 5.91 Å².